The summed E-state index contributed by atoms with van der Waals surface area (Å²) in [5, 5.41) is 23.4. The number of ether oxygens (including phenoxy) is 5. The third kappa shape index (κ3) is 16.4. The highest BCUT2D eigenvalue weighted by Gasteiger charge is 2.53. The topological polar surface area (TPSA) is 201 Å². The van der Waals surface area contributed by atoms with Gasteiger partial charge in [-0.1, -0.05) is 64.2 Å². The van der Waals surface area contributed by atoms with Gasteiger partial charge in [-0.25, -0.2) is 4.79 Å². The van der Waals surface area contributed by atoms with Crippen LogP contribution in [0.25, 0.3) is 0 Å². The third-order valence-corrected chi connectivity index (χ3v) is 15.7. The third-order valence-electron chi connectivity index (χ3n) is 14.9. The lowest BCUT2D eigenvalue weighted by atomic mass is 9.80. The van der Waals surface area contributed by atoms with E-state index in [0.717, 1.165) is 18.4 Å². The molecule has 1 saturated carbocycles. The van der Waals surface area contributed by atoms with E-state index in [2.05, 4.69) is 0 Å². The Kier molecular flexibility index (Phi) is 22.9. The van der Waals surface area contributed by atoms with Crippen LogP contribution in [0.4, 0.5) is 0 Å². The van der Waals surface area contributed by atoms with Crippen molar-refractivity contribution < 1.29 is 67.0 Å². The highest BCUT2D eigenvalue weighted by atomic mass is 31.2. The van der Waals surface area contributed by atoms with Crippen LogP contribution in [0.3, 0.4) is 0 Å². The molecule has 2 saturated heterocycles. The second-order valence-corrected chi connectivity index (χ2v) is 23.4. The predicted octanol–water partition coefficient (Wildman–Crippen LogP) is 7.89. The van der Waals surface area contributed by atoms with Crippen LogP contribution < -0.4 is 0 Å². The molecule has 3 aliphatic heterocycles. The quantitative estimate of drug-likeness (QED) is 0.0978. The minimum Gasteiger partial charge on any atom is -0.460 e. The molecule has 0 aromatic rings. The van der Waals surface area contributed by atoms with Crippen LogP contribution in [-0.2, 0) is 56.7 Å². The van der Waals surface area contributed by atoms with Crippen LogP contribution in [0.5, 0.6) is 0 Å². The first-order valence-electron chi connectivity index (χ1n) is 25.3. The molecule has 4 aliphatic rings. The molecule has 69 heavy (non-hydrogen) atoms. The van der Waals surface area contributed by atoms with Crippen LogP contribution in [0.1, 0.15) is 131 Å². The highest BCUT2D eigenvalue weighted by molar-refractivity contribution is 7.57. The Balaban J connectivity index is 1.66. The number of ketones is 3. The van der Waals surface area contributed by atoms with Crippen molar-refractivity contribution in [1.29, 1.82) is 0 Å². The zero-order valence-corrected chi connectivity index (χ0v) is 44.2. The van der Waals surface area contributed by atoms with Gasteiger partial charge in [-0.05, 0) is 114 Å². The van der Waals surface area contributed by atoms with E-state index in [9.17, 15) is 38.8 Å². The summed E-state index contributed by atoms with van der Waals surface area (Å²) >= 11 is 0. The molecule has 14 atom stereocenters. The summed E-state index contributed by atoms with van der Waals surface area (Å²) in [7, 11) is 1.83. The molecule has 15 nitrogen and oxygen atoms in total. The van der Waals surface area contributed by atoms with Crippen LogP contribution in [0.15, 0.2) is 47.6 Å². The smallest absolute Gasteiger partial charge is 0.329 e. The molecule has 1 aliphatic carbocycles. The van der Waals surface area contributed by atoms with Gasteiger partial charge in [0.05, 0.1) is 24.4 Å². The number of allylic oxidation sites excluding steroid dienone is 6. The molecule has 0 aromatic heterocycles. The Morgan fingerprint density at radius 1 is 0.870 bits per heavy atom. The molecule has 1 amide bonds. The number of methoxy groups -OCH3 is 3. The van der Waals surface area contributed by atoms with E-state index in [0.29, 0.717) is 69.8 Å². The fourth-order valence-electron chi connectivity index (χ4n) is 10.3. The Morgan fingerprint density at radius 3 is 2.26 bits per heavy atom. The molecule has 4 rings (SSSR count). The van der Waals surface area contributed by atoms with Crippen molar-refractivity contribution in [2.45, 2.75) is 186 Å². The molecule has 0 unspecified atom stereocenters. The van der Waals surface area contributed by atoms with Gasteiger partial charge in [0, 0.05) is 71.8 Å². The van der Waals surface area contributed by atoms with Gasteiger partial charge in [0.15, 0.2) is 13.2 Å². The Bertz CT molecular complexity index is 1920. The summed E-state index contributed by atoms with van der Waals surface area (Å²) in [4.78, 5) is 71.9. The number of rotatable bonds is 9. The number of fused-ring (bicyclic) bond motifs is 3. The summed E-state index contributed by atoms with van der Waals surface area (Å²) in [5.74, 6) is -7.85. The molecule has 3 fully saturated rings. The zero-order valence-electron chi connectivity index (χ0n) is 43.3. The maximum absolute atomic E-state index is 14.4. The first-order chi connectivity index (χ1) is 32.5. The average molecular weight is 990 g/mol. The van der Waals surface area contributed by atoms with Gasteiger partial charge in [-0.3, -0.25) is 23.7 Å². The van der Waals surface area contributed by atoms with Gasteiger partial charge in [0.2, 0.25) is 5.79 Å². The SMILES string of the molecule is CO[C@H]1C[C@@H]2CC[C@@H](C)[C@@](O)(O2)C(=O)C(=O)N2CCCC[C@H]2C(=O)O[C@H]([C@H](C)CC[C@@H]2CC[C@@H](OP(C)(C)=O)[C@H](OC)C2)CC(=O)[C@H](C)/C=C(\C)[C@@H](O)[C@@H](OC)C(=O)[C@H](C)CC/C=C/C=C/C=C/1C. The van der Waals surface area contributed by atoms with E-state index >= 15 is 0 Å². The molecule has 0 spiro atoms. The first-order valence-corrected chi connectivity index (χ1v) is 27.8. The van der Waals surface area contributed by atoms with Crippen LogP contribution in [-0.4, -0.2) is 140 Å². The van der Waals surface area contributed by atoms with Crippen molar-refractivity contribution in [3.63, 3.8) is 0 Å². The molecular weight excluding hydrogens is 906 g/mol. The summed E-state index contributed by atoms with van der Waals surface area (Å²) in [6.45, 7) is 13.9. The Hall–Kier alpha value is -3.14. The first kappa shape index (κ1) is 58.4. The van der Waals surface area contributed by atoms with E-state index in [-0.39, 0.29) is 55.0 Å². The number of carbonyl (C=O) groups excluding carboxylic acids is 5. The lowest BCUT2D eigenvalue weighted by Crippen LogP contribution is -2.61. The normalized spacial score (nSPS) is 37.9. The van der Waals surface area contributed by atoms with Crippen molar-refractivity contribution in [3.05, 3.63) is 47.6 Å². The van der Waals surface area contributed by atoms with E-state index in [1.54, 1.807) is 61.3 Å². The molecule has 2 bridgehead atoms. The number of Topliss-reactive ketones (excluding diaryl/α,β-unsaturated/α-hetero) is 3. The van der Waals surface area contributed by atoms with Crippen molar-refractivity contribution in [2.75, 3.05) is 41.2 Å². The molecule has 2 N–H and O–H groups in total. The molecular formula is C53H84NO14P. The number of cyclic esters (lactones) is 1. The predicted molar refractivity (Wildman–Crippen MR) is 264 cm³/mol. The fraction of sp³-hybridized carbons (Fsp3) is 0.755. The summed E-state index contributed by atoms with van der Waals surface area (Å²) < 4.78 is 48.0. The molecule has 0 aromatic carbocycles. The van der Waals surface area contributed by atoms with E-state index < -0.39 is 85.1 Å². The minimum absolute atomic E-state index is 0.0849. The standard InChI is InChI=1S/C53H84NO14P/c1-33-19-15-13-12-14-16-20-35(3)47(56)49(65-9)48(57)37(5)29-36(4)42(55)32-45(34(2)22-24-39-25-27-43(46(30-39)64-8)68-69(10,11)62)66-52(60)41-21-17-18-28-54(41)51(59)50(58)53(61)38(6)23-26-40(67-53)31-44(33)63-7/h12-15,19,29,34-36,38-41,43-46,48-49,57,61H,16-18,20-28,30-32H2,1-11H3/b14-12+,15-13+,33-19+,37-29+/t34-,35-,36-,38-,39-,40+,41+,43-,44+,45+,46-,48-,49+,53-/m1/s1. The number of esters is 1. The van der Waals surface area contributed by atoms with Gasteiger partial charge >= 0.3 is 5.97 Å². The minimum atomic E-state index is -2.74. The van der Waals surface area contributed by atoms with E-state index in [1.807, 2.05) is 44.2 Å². The van der Waals surface area contributed by atoms with Gasteiger partial charge in [-0.15, -0.1) is 0 Å². The molecule has 16 heteroatoms. The zero-order chi connectivity index (χ0) is 51.2. The summed E-state index contributed by atoms with van der Waals surface area (Å²) in [6.07, 6.45) is 13.2. The average Bonchev–Trinajstić information content (AvgIpc) is 3.31. The van der Waals surface area contributed by atoms with Crippen molar-refractivity contribution in [1.82, 2.24) is 4.90 Å². The van der Waals surface area contributed by atoms with Crippen LogP contribution in [0.2, 0.25) is 0 Å². The Morgan fingerprint density at radius 2 is 1.59 bits per heavy atom. The van der Waals surface area contributed by atoms with Gasteiger partial charge in [-0.2, -0.15) is 0 Å². The van der Waals surface area contributed by atoms with Crippen molar-refractivity contribution >= 4 is 36.6 Å². The number of amides is 1. The number of piperidine rings is 1. The summed E-state index contributed by atoms with van der Waals surface area (Å²) in [5.41, 5.74) is 1.27. The highest BCUT2D eigenvalue weighted by Crippen LogP contribution is 2.44. The molecule has 390 valence electrons. The number of hydrogen-bond donors (Lipinski definition) is 2. The lowest BCUT2D eigenvalue weighted by Gasteiger charge is -2.42. The number of aliphatic hydroxyl groups is 2. The van der Waals surface area contributed by atoms with Gasteiger partial charge in [0.25, 0.3) is 11.7 Å². The van der Waals surface area contributed by atoms with E-state index in [4.69, 9.17) is 28.2 Å². The van der Waals surface area contributed by atoms with Crippen LogP contribution in [0, 0.1) is 29.6 Å². The van der Waals surface area contributed by atoms with Gasteiger partial charge < -0.3 is 43.3 Å². The second kappa shape index (κ2) is 27.1. The maximum atomic E-state index is 14.4. The summed E-state index contributed by atoms with van der Waals surface area (Å²) in [6, 6.07) is -1.14. The number of hydrogen-bond acceptors (Lipinski definition) is 14. The molecule has 3 heterocycles. The monoisotopic (exact) mass is 990 g/mol. The number of carbonyl (C=O) groups is 5. The maximum Gasteiger partial charge on any atom is 0.329 e. The van der Waals surface area contributed by atoms with Crippen molar-refractivity contribution in [3.8, 4) is 0 Å². The number of aliphatic hydroxyl groups excluding tert-OH is 1. The van der Waals surface area contributed by atoms with Crippen LogP contribution >= 0.6 is 7.37 Å². The van der Waals surface area contributed by atoms with Gasteiger partial charge in [0.1, 0.15) is 30.1 Å². The fourth-order valence-corrected chi connectivity index (χ4v) is 11.2. The lowest BCUT2D eigenvalue weighted by molar-refractivity contribution is -0.265. The largest absolute Gasteiger partial charge is 0.460 e. The molecule has 0 radical (unpaired) electrons. The van der Waals surface area contributed by atoms with Crippen molar-refractivity contribution in [2.24, 2.45) is 29.6 Å². The number of nitrogens with zero attached hydrogens (tertiary/aromatic N) is 1. The Labute approximate surface area is 411 Å². The van der Waals surface area contributed by atoms with E-state index in [1.165, 1.54) is 12.0 Å². The second-order valence-electron chi connectivity index (χ2n) is 20.7.